The predicted octanol–water partition coefficient (Wildman–Crippen LogP) is 3.61. The van der Waals surface area contributed by atoms with E-state index in [9.17, 15) is 9.59 Å². The van der Waals surface area contributed by atoms with Crippen molar-refractivity contribution in [2.24, 2.45) is 5.92 Å². The molecule has 0 bridgehead atoms. The summed E-state index contributed by atoms with van der Waals surface area (Å²) in [6, 6.07) is 13.7. The third-order valence-electron chi connectivity index (χ3n) is 8.13. The van der Waals surface area contributed by atoms with Crippen LogP contribution in [0.5, 0.6) is 11.5 Å². The van der Waals surface area contributed by atoms with Gasteiger partial charge in [0.1, 0.15) is 11.5 Å². The van der Waals surface area contributed by atoms with Crippen molar-refractivity contribution < 1.29 is 19.1 Å². The second kappa shape index (κ2) is 10.9. The van der Waals surface area contributed by atoms with Crippen molar-refractivity contribution in [1.82, 2.24) is 14.7 Å². The Kier molecular flexibility index (Phi) is 7.46. The molecule has 3 aliphatic rings. The Morgan fingerprint density at radius 2 is 1.47 bits per heavy atom. The average molecular weight is 492 g/mol. The van der Waals surface area contributed by atoms with Crippen LogP contribution in [0.4, 0.5) is 0 Å². The Morgan fingerprint density at radius 3 is 2.11 bits per heavy atom. The maximum atomic E-state index is 13.9. The first-order valence-corrected chi connectivity index (χ1v) is 13.2. The van der Waals surface area contributed by atoms with Crippen LogP contribution in [0.3, 0.4) is 0 Å². The van der Waals surface area contributed by atoms with Gasteiger partial charge in [-0.25, -0.2) is 0 Å². The summed E-state index contributed by atoms with van der Waals surface area (Å²) in [6.07, 6.45) is 5.56. The molecule has 2 aromatic rings. The average Bonchev–Trinajstić information content (AvgIpc) is 3.47. The Labute approximate surface area is 214 Å². The van der Waals surface area contributed by atoms with Crippen LogP contribution in [0.15, 0.2) is 42.5 Å². The number of hydrogen-bond acceptors (Lipinski definition) is 5. The molecule has 0 spiro atoms. The SMILES string of the molecule is COc1cc(OC)cc(C(=O)N2CCN([C@H](C(=O)N3CCc4ccccc4C3)C3CCCC3)CC2)c1. The van der Waals surface area contributed by atoms with Crippen molar-refractivity contribution in [2.45, 2.75) is 44.7 Å². The highest BCUT2D eigenvalue weighted by Gasteiger charge is 2.40. The van der Waals surface area contributed by atoms with Crippen molar-refractivity contribution >= 4 is 11.8 Å². The zero-order valence-electron chi connectivity index (χ0n) is 21.4. The highest BCUT2D eigenvalue weighted by molar-refractivity contribution is 5.95. The van der Waals surface area contributed by atoms with Crippen LogP contribution in [0.25, 0.3) is 0 Å². The highest BCUT2D eigenvalue weighted by atomic mass is 16.5. The van der Waals surface area contributed by atoms with E-state index in [1.807, 2.05) is 4.90 Å². The normalized spacial score (nSPS) is 19.6. The van der Waals surface area contributed by atoms with Crippen molar-refractivity contribution in [2.75, 3.05) is 46.9 Å². The molecule has 0 radical (unpaired) electrons. The van der Waals surface area contributed by atoms with Crippen molar-refractivity contribution in [1.29, 1.82) is 0 Å². The Balaban J connectivity index is 1.28. The predicted molar refractivity (Wildman–Crippen MR) is 138 cm³/mol. The Bertz CT molecular complexity index is 1070. The van der Waals surface area contributed by atoms with Gasteiger partial charge in [0, 0.05) is 50.9 Å². The number of carbonyl (C=O) groups excluding carboxylic acids is 2. The van der Waals surface area contributed by atoms with Gasteiger partial charge in [-0.15, -0.1) is 0 Å². The summed E-state index contributed by atoms with van der Waals surface area (Å²) in [6.45, 7) is 4.13. The Morgan fingerprint density at radius 1 is 0.833 bits per heavy atom. The van der Waals surface area contributed by atoms with E-state index in [1.54, 1.807) is 32.4 Å². The molecule has 5 rings (SSSR count). The van der Waals surface area contributed by atoms with Gasteiger partial charge in [-0.1, -0.05) is 37.1 Å². The molecule has 0 unspecified atom stereocenters. The van der Waals surface area contributed by atoms with Crippen molar-refractivity contribution in [3.63, 3.8) is 0 Å². The summed E-state index contributed by atoms with van der Waals surface area (Å²) in [7, 11) is 3.17. The Hall–Kier alpha value is -3.06. The van der Waals surface area contributed by atoms with Crippen LogP contribution in [0.1, 0.15) is 47.2 Å². The molecule has 7 nitrogen and oxygen atoms in total. The lowest BCUT2D eigenvalue weighted by molar-refractivity contribution is -0.141. The molecule has 1 aliphatic carbocycles. The fourth-order valence-electron chi connectivity index (χ4n) is 6.12. The molecule has 2 heterocycles. The third-order valence-corrected chi connectivity index (χ3v) is 8.13. The molecule has 192 valence electrons. The summed E-state index contributed by atoms with van der Waals surface area (Å²) in [5.41, 5.74) is 3.20. The van der Waals surface area contributed by atoms with E-state index in [0.717, 1.165) is 25.8 Å². The third kappa shape index (κ3) is 5.07. The molecule has 1 saturated carbocycles. The topological polar surface area (TPSA) is 62.3 Å². The zero-order chi connectivity index (χ0) is 25.1. The van der Waals surface area contributed by atoms with Gasteiger partial charge in [0.25, 0.3) is 5.91 Å². The summed E-state index contributed by atoms with van der Waals surface area (Å²) >= 11 is 0. The first-order valence-electron chi connectivity index (χ1n) is 13.2. The fourth-order valence-corrected chi connectivity index (χ4v) is 6.12. The number of methoxy groups -OCH3 is 2. The van der Waals surface area contributed by atoms with E-state index in [0.29, 0.717) is 55.7 Å². The number of amides is 2. The number of ether oxygens (including phenoxy) is 2. The largest absolute Gasteiger partial charge is 0.497 e. The first kappa shape index (κ1) is 24.6. The highest BCUT2D eigenvalue weighted by Crippen LogP contribution is 2.33. The number of nitrogens with zero attached hydrogens (tertiary/aromatic N) is 3. The van der Waals surface area contributed by atoms with Gasteiger partial charge in [-0.2, -0.15) is 0 Å². The van der Waals surface area contributed by atoms with Crippen LogP contribution < -0.4 is 9.47 Å². The smallest absolute Gasteiger partial charge is 0.254 e. The molecule has 0 aromatic heterocycles. The quantitative estimate of drug-likeness (QED) is 0.618. The van der Waals surface area contributed by atoms with E-state index in [-0.39, 0.29) is 17.9 Å². The molecular weight excluding hydrogens is 454 g/mol. The van der Waals surface area contributed by atoms with Gasteiger partial charge >= 0.3 is 0 Å². The minimum absolute atomic E-state index is 0.0248. The van der Waals surface area contributed by atoms with Gasteiger partial charge in [-0.05, 0) is 48.4 Å². The lowest BCUT2D eigenvalue weighted by Crippen LogP contribution is -2.58. The molecule has 2 fully saturated rings. The minimum Gasteiger partial charge on any atom is -0.497 e. The molecule has 0 N–H and O–H groups in total. The number of hydrogen-bond donors (Lipinski definition) is 0. The van der Waals surface area contributed by atoms with Crippen LogP contribution in [0, 0.1) is 5.92 Å². The van der Waals surface area contributed by atoms with E-state index in [2.05, 4.69) is 34.1 Å². The minimum atomic E-state index is -0.0908. The molecule has 36 heavy (non-hydrogen) atoms. The molecular formula is C29H37N3O4. The summed E-state index contributed by atoms with van der Waals surface area (Å²) < 4.78 is 10.7. The lowest BCUT2D eigenvalue weighted by Gasteiger charge is -2.43. The lowest BCUT2D eigenvalue weighted by atomic mass is 9.92. The number of piperazine rings is 1. The second-order valence-corrected chi connectivity index (χ2v) is 10.2. The van der Waals surface area contributed by atoms with Crippen molar-refractivity contribution in [3.05, 3.63) is 59.2 Å². The fraction of sp³-hybridized carbons (Fsp3) is 0.517. The monoisotopic (exact) mass is 491 g/mol. The van der Waals surface area contributed by atoms with E-state index >= 15 is 0 Å². The van der Waals surface area contributed by atoms with Gasteiger partial charge in [0.2, 0.25) is 5.91 Å². The number of rotatable bonds is 6. The van der Waals surface area contributed by atoms with E-state index in [1.165, 1.54) is 24.0 Å². The van der Waals surface area contributed by atoms with Gasteiger partial charge in [0.05, 0.1) is 20.3 Å². The van der Waals surface area contributed by atoms with Crippen molar-refractivity contribution in [3.8, 4) is 11.5 Å². The standard InChI is InChI=1S/C29H37N3O4/c1-35-25-17-24(18-26(19-25)36-2)28(33)31-15-13-30(14-16-31)27(22-8-4-5-9-22)29(34)32-12-11-21-7-3-6-10-23(21)20-32/h3,6-7,10,17-19,22,27H,4-5,8-9,11-16,20H2,1-2H3/t27-/m0/s1. The van der Waals surface area contributed by atoms with Crippen LogP contribution >= 0.6 is 0 Å². The molecule has 1 saturated heterocycles. The molecule has 7 heteroatoms. The van der Waals surface area contributed by atoms with Gasteiger partial charge in [0.15, 0.2) is 0 Å². The maximum absolute atomic E-state index is 13.9. The van der Waals surface area contributed by atoms with Crippen LogP contribution in [-0.2, 0) is 17.8 Å². The van der Waals surface area contributed by atoms with Crippen LogP contribution in [0.2, 0.25) is 0 Å². The molecule has 2 aromatic carbocycles. The van der Waals surface area contributed by atoms with Crippen LogP contribution in [-0.4, -0.2) is 79.5 Å². The number of benzene rings is 2. The van der Waals surface area contributed by atoms with E-state index in [4.69, 9.17) is 9.47 Å². The summed E-state index contributed by atoms with van der Waals surface area (Å²) in [5, 5.41) is 0. The molecule has 2 aliphatic heterocycles. The van der Waals surface area contributed by atoms with E-state index < -0.39 is 0 Å². The maximum Gasteiger partial charge on any atom is 0.254 e. The van der Waals surface area contributed by atoms with Gasteiger partial charge < -0.3 is 19.3 Å². The number of fused-ring (bicyclic) bond motifs is 1. The zero-order valence-corrected chi connectivity index (χ0v) is 21.4. The summed E-state index contributed by atoms with van der Waals surface area (Å²) in [4.78, 5) is 33.6. The number of carbonyl (C=O) groups is 2. The molecule has 2 amide bonds. The summed E-state index contributed by atoms with van der Waals surface area (Å²) in [5.74, 6) is 1.86. The molecule has 1 atom stereocenters. The van der Waals surface area contributed by atoms with Gasteiger partial charge in [-0.3, -0.25) is 14.5 Å². The first-order chi connectivity index (χ1) is 17.6. The second-order valence-electron chi connectivity index (χ2n) is 10.2.